The lowest BCUT2D eigenvalue weighted by molar-refractivity contribution is 0.0945. The third kappa shape index (κ3) is 4.81. The van der Waals surface area contributed by atoms with Crippen LogP contribution in [0.4, 0.5) is 0 Å². The van der Waals surface area contributed by atoms with E-state index in [1.807, 2.05) is 18.2 Å². The fourth-order valence-electron chi connectivity index (χ4n) is 3.12. The number of aromatic nitrogens is 3. The van der Waals surface area contributed by atoms with Gasteiger partial charge in [0, 0.05) is 24.0 Å². The number of aromatic amines is 1. The van der Waals surface area contributed by atoms with Gasteiger partial charge in [-0.15, -0.1) is 0 Å². The van der Waals surface area contributed by atoms with E-state index in [9.17, 15) is 4.79 Å². The molecule has 0 unspecified atom stereocenters. The number of hydrogen-bond acceptors (Lipinski definition) is 4. The summed E-state index contributed by atoms with van der Waals surface area (Å²) in [6, 6.07) is 5.61. The molecule has 6 heteroatoms. The molecule has 1 aliphatic rings. The zero-order chi connectivity index (χ0) is 17.6. The Kier molecular flexibility index (Phi) is 5.68. The van der Waals surface area contributed by atoms with Crippen LogP contribution in [-0.2, 0) is 13.0 Å². The van der Waals surface area contributed by atoms with E-state index in [1.54, 1.807) is 6.20 Å². The summed E-state index contributed by atoms with van der Waals surface area (Å²) in [5, 5.41) is 9.94. The molecule has 0 bridgehead atoms. The van der Waals surface area contributed by atoms with Crippen LogP contribution in [0.2, 0.25) is 0 Å². The Balaban J connectivity index is 1.59. The third-order valence-corrected chi connectivity index (χ3v) is 4.36. The van der Waals surface area contributed by atoms with Gasteiger partial charge >= 0.3 is 0 Å². The Morgan fingerprint density at radius 2 is 2.20 bits per heavy atom. The molecule has 2 aromatic heterocycles. The van der Waals surface area contributed by atoms with Crippen LogP contribution < -0.4 is 10.1 Å². The molecule has 0 spiro atoms. The van der Waals surface area contributed by atoms with Crippen molar-refractivity contribution in [1.29, 1.82) is 0 Å². The summed E-state index contributed by atoms with van der Waals surface area (Å²) in [7, 11) is 0. The fourth-order valence-corrected chi connectivity index (χ4v) is 3.12. The van der Waals surface area contributed by atoms with Crippen molar-refractivity contribution in [3.63, 3.8) is 0 Å². The Hall–Kier alpha value is -2.37. The van der Waals surface area contributed by atoms with Crippen LogP contribution in [0.25, 0.3) is 0 Å². The zero-order valence-electron chi connectivity index (χ0n) is 14.9. The van der Waals surface area contributed by atoms with Crippen molar-refractivity contribution in [2.24, 2.45) is 5.92 Å². The third-order valence-electron chi connectivity index (χ3n) is 4.36. The van der Waals surface area contributed by atoms with Crippen molar-refractivity contribution in [3.8, 4) is 5.88 Å². The molecule has 1 amide bonds. The first-order valence-corrected chi connectivity index (χ1v) is 9.05. The monoisotopic (exact) mass is 342 g/mol. The lowest BCUT2D eigenvalue weighted by Gasteiger charge is -2.15. The second-order valence-electron chi connectivity index (χ2n) is 7.05. The number of ether oxygens (including phenoxy) is 1. The molecule has 25 heavy (non-hydrogen) atoms. The van der Waals surface area contributed by atoms with Crippen LogP contribution in [0.3, 0.4) is 0 Å². The molecule has 1 aliphatic carbocycles. The number of H-pyrrole nitrogens is 1. The molecule has 6 nitrogen and oxygen atoms in total. The summed E-state index contributed by atoms with van der Waals surface area (Å²) < 4.78 is 6.01. The molecular weight excluding hydrogens is 316 g/mol. The minimum atomic E-state index is -0.193. The maximum absolute atomic E-state index is 12.3. The molecule has 1 fully saturated rings. The fraction of sp³-hybridized carbons (Fsp3) is 0.526. The molecule has 2 N–H and O–H groups in total. The molecule has 2 aromatic rings. The predicted molar refractivity (Wildman–Crippen MR) is 95.4 cm³/mol. The van der Waals surface area contributed by atoms with Gasteiger partial charge in [0.2, 0.25) is 5.88 Å². The maximum Gasteiger partial charge on any atom is 0.272 e. The van der Waals surface area contributed by atoms with Gasteiger partial charge in [-0.25, -0.2) is 4.98 Å². The summed E-state index contributed by atoms with van der Waals surface area (Å²) >= 11 is 0. The lowest BCUT2D eigenvalue weighted by atomic mass is 10.1. The van der Waals surface area contributed by atoms with E-state index in [2.05, 4.69) is 34.3 Å². The molecule has 2 heterocycles. The van der Waals surface area contributed by atoms with Crippen molar-refractivity contribution in [2.45, 2.75) is 58.6 Å². The van der Waals surface area contributed by atoms with Gasteiger partial charge in [0.25, 0.3) is 5.91 Å². The molecular formula is C19H26N4O2. The van der Waals surface area contributed by atoms with Crippen molar-refractivity contribution >= 4 is 5.91 Å². The number of nitrogens with zero attached hydrogens (tertiary/aromatic N) is 2. The van der Waals surface area contributed by atoms with Crippen LogP contribution in [0.5, 0.6) is 5.88 Å². The van der Waals surface area contributed by atoms with Gasteiger partial charge in [0.05, 0.1) is 0 Å². The van der Waals surface area contributed by atoms with Crippen LogP contribution in [0.15, 0.2) is 24.4 Å². The van der Waals surface area contributed by atoms with E-state index in [4.69, 9.17) is 4.74 Å². The lowest BCUT2D eigenvalue weighted by Crippen LogP contribution is -2.24. The Bertz CT molecular complexity index is 705. The van der Waals surface area contributed by atoms with Crippen molar-refractivity contribution in [2.75, 3.05) is 0 Å². The molecule has 0 aromatic carbocycles. The van der Waals surface area contributed by atoms with E-state index in [0.29, 0.717) is 24.0 Å². The number of hydrogen-bond donors (Lipinski definition) is 2. The van der Waals surface area contributed by atoms with Gasteiger partial charge in [-0.1, -0.05) is 19.9 Å². The summed E-state index contributed by atoms with van der Waals surface area (Å²) in [6.45, 7) is 4.64. The minimum absolute atomic E-state index is 0.193. The number of carbonyl (C=O) groups excluding carboxylic acids is 1. The zero-order valence-corrected chi connectivity index (χ0v) is 14.9. The Morgan fingerprint density at radius 3 is 2.96 bits per heavy atom. The first-order chi connectivity index (χ1) is 12.1. The highest BCUT2D eigenvalue weighted by Crippen LogP contribution is 2.25. The van der Waals surface area contributed by atoms with Gasteiger partial charge in [-0.2, -0.15) is 5.10 Å². The standard InChI is InChI=1S/C19H26N4O2/c1-13(2)10-15-11-17(23-22-15)18(24)21-12-14-6-5-9-20-19(14)25-16-7-3-4-8-16/h5-6,9,11,13,16H,3-4,7-8,10,12H2,1-2H3,(H,21,24)(H,22,23). The van der Waals surface area contributed by atoms with Gasteiger partial charge in [-0.05, 0) is 50.2 Å². The molecule has 0 saturated heterocycles. The summed E-state index contributed by atoms with van der Waals surface area (Å²) in [5.41, 5.74) is 2.28. The molecule has 3 rings (SSSR count). The van der Waals surface area contributed by atoms with Crippen LogP contribution in [0.1, 0.15) is 61.3 Å². The minimum Gasteiger partial charge on any atom is -0.474 e. The molecule has 0 aliphatic heterocycles. The first kappa shape index (κ1) is 17.5. The SMILES string of the molecule is CC(C)Cc1cc(C(=O)NCc2cccnc2OC2CCCC2)n[nH]1. The summed E-state index contributed by atoms with van der Waals surface area (Å²) in [4.78, 5) is 16.7. The Labute approximate surface area is 148 Å². The van der Waals surface area contributed by atoms with E-state index >= 15 is 0 Å². The van der Waals surface area contributed by atoms with Gasteiger partial charge < -0.3 is 10.1 Å². The van der Waals surface area contributed by atoms with Crippen molar-refractivity contribution in [1.82, 2.24) is 20.5 Å². The van der Waals surface area contributed by atoms with Crippen LogP contribution in [-0.4, -0.2) is 27.2 Å². The van der Waals surface area contributed by atoms with Crippen LogP contribution in [0, 0.1) is 5.92 Å². The highest BCUT2D eigenvalue weighted by atomic mass is 16.5. The van der Waals surface area contributed by atoms with Crippen molar-refractivity contribution in [3.05, 3.63) is 41.3 Å². The second kappa shape index (κ2) is 8.14. The average Bonchev–Trinajstić information content (AvgIpc) is 3.25. The number of pyridine rings is 1. The van der Waals surface area contributed by atoms with Gasteiger partial charge in [0.15, 0.2) is 0 Å². The largest absolute Gasteiger partial charge is 0.474 e. The number of carbonyl (C=O) groups is 1. The molecule has 0 radical (unpaired) electrons. The van der Waals surface area contributed by atoms with E-state index in [0.717, 1.165) is 30.5 Å². The summed E-state index contributed by atoms with van der Waals surface area (Å²) in [5.74, 6) is 0.946. The maximum atomic E-state index is 12.3. The number of amides is 1. The quantitative estimate of drug-likeness (QED) is 0.809. The molecule has 1 saturated carbocycles. The Morgan fingerprint density at radius 1 is 1.40 bits per heavy atom. The van der Waals surface area contributed by atoms with Crippen LogP contribution >= 0.6 is 0 Å². The van der Waals surface area contributed by atoms with E-state index in [-0.39, 0.29) is 12.0 Å². The summed E-state index contributed by atoms with van der Waals surface area (Å²) in [6.07, 6.45) is 7.42. The van der Waals surface area contributed by atoms with E-state index in [1.165, 1.54) is 12.8 Å². The number of nitrogens with one attached hydrogen (secondary N) is 2. The molecule has 0 atom stereocenters. The highest BCUT2D eigenvalue weighted by molar-refractivity contribution is 5.92. The smallest absolute Gasteiger partial charge is 0.272 e. The molecule has 134 valence electrons. The van der Waals surface area contributed by atoms with E-state index < -0.39 is 0 Å². The average molecular weight is 342 g/mol. The predicted octanol–water partition coefficient (Wildman–Crippen LogP) is 3.25. The second-order valence-corrected chi connectivity index (χ2v) is 7.05. The normalized spacial score (nSPS) is 14.8. The van der Waals surface area contributed by atoms with Crippen molar-refractivity contribution < 1.29 is 9.53 Å². The number of rotatable bonds is 7. The van der Waals surface area contributed by atoms with Gasteiger partial charge in [0.1, 0.15) is 11.8 Å². The topological polar surface area (TPSA) is 79.9 Å². The first-order valence-electron chi connectivity index (χ1n) is 9.05. The highest BCUT2D eigenvalue weighted by Gasteiger charge is 2.19. The van der Waals surface area contributed by atoms with Gasteiger partial charge in [-0.3, -0.25) is 9.89 Å².